The number of hydrogen-bond acceptors (Lipinski definition) is 4. The van der Waals surface area contributed by atoms with Crippen LogP contribution in [0.2, 0.25) is 0 Å². The van der Waals surface area contributed by atoms with Gasteiger partial charge in [-0.3, -0.25) is 9.78 Å². The van der Waals surface area contributed by atoms with E-state index in [1.54, 1.807) is 6.07 Å². The standard InChI is InChI=1S/C10H9F2N3O2/c11-10(12)7-4-15-8(1-9(16)17)6(3-14)5(7)2-13/h4,10H,1-2,13H2,(H,16,17). The Kier molecular flexibility index (Phi) is 4.06. The fourth-order valence-corrected chi connectivity index (χ4v) is 1.43. The van der Waals surface area contributed by atoms with Crippen molar-refractivity contribution in [3.05, 3.63) is 28.6 Å². The van der Waals surface area contributed by atoms with E-state index in [1.165, 1.54) is 0 Å². The Morgan fingerprint density at radius 1 is 1.65 bits per heavy atom. The number of halogens is 2. The summed E-state index contributed by atoms with van der Waals surface area (Å²) in [5.41, 5.74) is 4.60. The molecule has 3 N–H and O–H groups in total. The normalized spacial score (nSPS) is 10.3. The molecule has 0 aliphatic heterocycles. The van der Waals surface area contributed by atoms with Crippen LogP contribution in [0.5, 0.6) is 0 Å². The number of nitrogens with two attached hydrogens (primary N) is 1. The highest BCUT2D eigenvalue weighted by Crippen LogP contribution is 2.25. The molecule has 0 atom stereocenters. The quantitative estimate of drug-likeness (QED) is 0.818. The highest BCUT2D eigenvalue weighted by atomic mass is 19.3. The number of hydrogen-bond donors (Lipinski definition) is 2. The third-order valence-electron chi connectivity index (χ3n) is 2.17. The van der Waals surface area contributed by atoms with E-state index in [-0.39, 0.29) is 23.4 Å². The fourth-order valence-electron chi connectivity index (χ4n) is 1.43. The van der Waals surface area contributed by atoms with Crippen molar-refractivity contribution in [2.75, 3.05) is 0 Å². The first-order valence-electron chi connectivity index (χ1n) is 4.62. The predicted molar refractivity (Wildman–Crippen MR) is 53.1 cm³/mol. The SMILES string of the molecule is N#Cc1c(CC(=O)O)ncc(C(F)F)c1CN. The highest BCUT2D eigenvalue weighted by molar-refractivity contribution is 5.71. The summed E-state index contributed by atoms with van der Waals surface area (Å²) in [6.45, 7) is -0.266. The minimum Gasteiger partial charge on any atom is -0.481 e. The zero-order valence-electron chi connectivity index (χ0n) is 8.65. The molecule has 0 spiro atoms. The summed E-state index contributed by atoms with van der Waals surface area (Å²) >= 11 is 0. The van der Waals surface area contributed by atoms with Crippen LogP contribution in [0.15, 0.2) is 6.20 Å². The van der Waals surface area contributed by atoms with E-state index in [1.807, 2.05) is 0 Å². The van der Waals surface area contributed by atoms with E-state index in [2.05, 4.69) is 4.98 Å². The van der Waals surface area contributed by atoms with Gasteiger partial charge in [-0.05, 0) is 5.56 Å². The van der Waals surface area contributed by atoms with Crippen LogP contribution in [0.1, 0.15) is 28.8 Å². The first-order chi connectivity index (χ1) is 8.01. The largest absolute Gasteiger partial charge is 0.481 e. The molecule has 1 rings (SSSR count). The molecule has 0 saturated heterocycles. The number of alkyl halides is 2. The van der Waals surface area contributed by atoms with Gasteiger partial charge >= 0.3 is 5.97 Å². The molecule has 0 aliphatic carbocycles. The molecule has 5 nitrogen and oxygen atoms in total. The van der Waals surface area contributed by atoms with Crippen LogP contribution in [0, 0.1) is 11.3 Å². The Balaban J connectivity index is 3.38. The van der Waals surface area contributed by atoms with Gasteiger partial charge < -0.3 is 10.8 Å². The summed E-state index contributed by atoms with van der Waals surface area (Å²) in [6.07, 6.45) is -2.43. The number of carbonyl (C=O) groups is 1. The summed E-state index contributed by atoms with van der Waals surface area (Å²) in [4.78, 5) is 14.1. The van der Waals surface area contributed by atoms with Gasteiger partial charge in [0.2, 0.25) is 0 Å². The Morgan fingerprint density at radius 2 is 2.29 bits per heavy atom. The molecular weight excluding hydrogens is 232 g/mol. The van der Waals surface area contributed by atoms with Crippen LogP contribution in [0.25, 0.3) is 0 Å². The molecule has 0 saturated carbocycles. The Labute approximate surface area is 95.5 Å². The lowest BCUT2D eigenvalue weighted by Gasteiger charge is -2.10. The van der Waals surface area contributed by atoms with Gasteiger partial charge in [0.05, 0.1) is 17.7 Å². The van der Waals surface area contributed by atoms with Crippen molar-refractivity contribution in [2.45, 2.75) is 19.4 Å². The number of carboxylic acid groups (broad SMARTS) is 1. The maximum Gasteiger partial charge on any atom is 0.309 e. The molecule has 0 aromatic carbocycles. The van der Waals surface area contributed by atoms with Gasteiger partial charge in [-0.1, -0.05) is 0 Å². The van der Waals surface area contributed by atoms with E-state index >= 15 is 0 Å². The molecule has 0 bridgehead atoms. The smallest absolute Gasteiger partial charge is 0.309 e. The van der Waals surface area contributed by atoms with Crippen LogP contribution in [0.4, 0.5) is 8.78 Å². The van der Waals surface area contributed by atoms with Crippen molar-refractivity contribution >= 4 is 5.97 Å². The summed E-state index contributed by atoms with van der Waals surface area (Å²) in [5.74, 6) is -1.19. The summed E-state index contributed by atoms with van der Waals surface area (Å²) in [7, 11) is 0. The van der Waals surface area contributed by atoms with E-state index < -0.39 is 24.4 Å². The second kappa shape index (κ2) is 5.32. The monoisotopic (exact) mass is 241 g/mol. The Hall–Kier alpha value is -2.07. The highest BCUT2D eigenvalue weighted by Gasteiger charge is 2.20. The molecular formula is C10H9F2N3O2. The van der Waals surface area contributed by atoms with Crippen LogP contribution in [-0.2, 0) is 17.8 Å². The third-order valence-corrected chi connectivity index (χ3v) is 2.17. The van der Waals surface area contributed by atoms with Crippen molar-refractivity contribution < 1.29 is 18.7 Å². The van der Waals surface area contributed by atoms with Crippen molar-refractivity contribution in [1.29, 1.82) is 5.26 Å². The minimum absolute atomic E-state index is 0.0475. The predicted octanol–water partition coefficient (Wildman–Crippen LogP) is 0.977. The van der Waals surface area contributed by atoms with Gasteiger partial charge in [0.25, 0.3) is 6.43 Å². The van der Waals surface area contributed by atoms with Crippen molar-refractivity contribution in [1.82, 2.24) is 4.98 Å². The average Bonchev–Trinajstić information content (AvgIpc) is 2.26. The second-order valence-corrected chi connectivity index (χ2v) is 3.20. The molecule has 0 fully saturated rings. The molecule has 7 heteroatoms. The topological polar surface area (TPSA) is 100 Å². The van der Waals surface area contributed by atoms with Gasteiger partial charge in [0.15, 0.2) is 0 Å². The van der Waals surface area contributed by atoms with Crippen molar-refractivity contribution in [3.8, 4) is 6.07 Å². The molecule has 1 aromatic rings. The van der Waals surface area contributed by atoms with Crippen LogP contribution >= 0.6 is 0 Å². The molecule has 0 amide bonds. The van der Waals surface area contributed by atoms with E-state index in [0.717, 1.165) is 6.20 Å². The lowest BCUT2D eigenvalue weighted by molar-refractivity contribution is -0.136. The number of aliphatic carboxylic acids is 1. The van der Waals surface area contributed by atoms with Gasteiger partial charge in [-0.15, -0.1) is 0 Å². The number of carboxylic acids is 1. The van der Waals surface area contributed by atoms with Gasteiger partial charge in [-0.2, -0.15) is 5.26 Å². The molecule has 1 aromatic heterocycles. The molecule has 17 heavy (non-hydrogen) atoms. The van der Waals surface area contributed by atoms with E-state index in [4.69, 9.17) is 16.1 Å². The Bertz CT molecular complexity index is 483. The number of pyridine rings is 1. The van der Waals surface area contributed by atoms with Gasteiger partial charge in [-0.25, -0.2) is 8.78 Å². The minimum atomic E-state index is -2.80. The maximum absolute atomic E-state index is 12.6. The van der Waals surface area contributed by atoms with E-state index in [9.17, 15) is 13.6 Å². The van der Waals surface area contributed by atoms with Crippen LogP contribution in [-0.4, -0.2) is 16.1 Å². The zero-order valence-corrected chi connectivity index (χ0v) is 8.65. The van der Waals surface area contributed by atoms with Crippen LogP contribution < -0.4 is 5.73 Å². The number of nitrogens with zero attached hydrogens (tertiary/aromatic N) is 2. The average molecular weight is 241 g/mol. The van der Waals surface area contributed by atoms with E-state index in [0.29, 0.717) is 0 Å². The van der Waals surface area contributed by atoms with Gasteiger partial charge in [0.1, 0.15) is 6.07 Å². The number of aromatic nitrogens is 1. The maximum atomic E-state index is 12.6. The fraction of sp³-hybridized carbons (Fsp3) is 0.300. The first kappa shape index (κ1) is 13.0. The Morgan fingerprint density at radius 3 is 2.71 bits per heavy atom. The molecule has 1 heterocycles. The number of rotatable bonds is 4. The van der Waals surface area contributed by atoms with Gasteiger partial charge in [0, 0.05) is 18.3 Å². The van der Waals surface area contributed by atoms with Crippen molar-refractivity contribution in [2.24, 2.45) is 5.73 Å². The molecule has 0 aliphatic rings. The lowest BCUT2D eigenvalue weighted by Crippen LogP contribution is -2.12. The summed E-state index contributed by atoms with van der Waals surface area (Å²) in [6, 6.07) is 1.68. The summed E-state index contributed by atoms with van der Waals surface area (Å²) < 4.78 is 25.2. The zero-order chi connectivity index (χ0) is 13.0. The molecule has 90 valence electrons. The number of nitriles is 1. The molecule has 0 radical (unpaired) electrons. The van der Waals surface area contributed by atoms with Crippen LogP contribution in [0.3, 0.4) is 0 Å². The second-order valence-electron chi connectivity index (χ2n) is 3.20. The van der Waals surface area contributed by atoms with Crippen molar-refractivity contribution in [3.63, 3.8) is 0 Å². The lowest BCUT2D eigenvalue weighted by atomic mass is 10.0. The third kappa shape index (κ3) is 2.73. The summed E-state index contributed by atoms with van der Waals surface area (Å²) in [5, 5.41) is 17.5. The first-order valence-corrected chi connectivity index (χ1v) is 4.62. The molecule has 0 unspecified atom stereocenters.